The second-order valence-electron chi connectivity index (χ2n) is 4.10. The third-order valence-corrected chi connectivity index (χ3v) is 2.77. The summed E-state index contributed by atoms with van der Waals surface area (Å²) < 4.78 is 23.8. The summed E-state index contributed by atoms with van der Waals surface area (Å²) in [5.74, 6) is -0.151. The second kappa shape index (κ2) is 4.59. The molecule has 0 fully saturated rings. The highest BCUT2D eigenvalue weighted by Gasteiger charge is 2.11. The van der Waals surface area contributed by atoms with E-state index < -0.39 is 5.82 Å². The topological polar surface area (TPSA) is 66.4 Å². The zero-order valence-electron chi connectivity index (χ0n) is 10.1. The minimum absolute atomic E-state index is 0.124. The van der Waals surface area contributed by atoms with Crippen LogP contribution in [0.5, 0.6) is 17.2 Å². The molecule has 0 amide bonds. The number of ether oxygens (including phenoxy) is 1. The molecule has 3 aromatic rings. The van der Waals surface area contributed by atoms with Crippen molar-refractivity contribution in [3.05, 3.63) is 54.0 Å². The monoisotopic (exact) mass is 269 g/mol. The number of hydrogen-bond acceptors (Lipinski definition) is 4. The van der Waals surface area contributed by atoms with Crippen molar-refractivity contribution < 1.29 is 18.7 Å². The molecule has 0 aliphatic rings. The summed E-state index contributed by atoms with van der Waals surface area (Å²) in [6.07, 6.45) is 0. The van der Waals surface area contributed by atoms with Crippen molar-refractivity contribution in [1.82, 2.24) is 0 Å². The van der Waals surface area contributed by atoms with E-state index in [1.54, 1.807) is 24.3 Å². The van der Waals surface area contributed by atoms with Crippen molar-refractivity contribution in [2.24, 2.45) is 0 Å². The number of aromatic hydroxyl groups is 1. The normalized spacial score (nSPS) is 10.4. The highest BCUT2D eigenvalue weighted by molar-refractivity contribution is 5.85. The first kappa shape index (κ1) is 12.1. The second-order valence-corrected chi connectivity index (χ2v) is 4.10. The van der Waals surface area contributed by atoms with E-state index in [1.807, 2.05) is 6.07 Å². The zero-order valence-corrected chi connectivity index (χ0v) is 10.1. The highest BCUT2D eigenvalue weighted by Crippen LogP contribution is 2.35. The Morgan fingerprint density at radius 3 is 2.75 bits per heavy atom. The Labute approximate surface area is 113 Å². The summed E-state index contributed by atoms with van der Waals surface area (Å²) in [5.41, 5.74) is 0.501. The molecule has 4 nitrogen and oxygen atoms in total. The number of hydrogen-bond donors (Lipinski definition) is 1. The van der Waals surface area contributed by atoms with Crippen LogP contribution in [0.15, 0.2) is 46.9 Å². The molecule has 0 atom stereocenters. The summed E-state index contributed by atoms with van der Waals surface area (Å²) in [6.45, 7) is 0. The van der Waals surface area contributed by atoms with Gasteiger partial charge in [-0.05, 0) is 24.3 Å². The van der Waals surface area contributed by atoms with Crippen LogP contribution in [0.25, 0.3) is 11.0 Å². The molecule has 0 radical (unpaired) electrons. The SMILES string of the molecule is N#Cc1cc2c(Oc3ccc(F)cc3O)cccc2o1. The summed E-state index contributed by atoms with van der Waals surface area (Å²) in [6, 6.07) is 12.0. The number of nitrogens with zero attached hydrogens (tertiary/aromatic N) is 1. The fourth-order valence-electron chi connectivity index (χ4n) is 1.87. The zero-order chi connectivity index (χ0) is 14.1. The van der Waals surface area contributed by atoms with E-state index in [9.17, 15) is 9.50 Å². The van der Waals surface area contributed by atoms with E-state index in [4.69, 9.17) is 14.4 Å². The van der Waals surface area contributed by atoms with Crippen LogP contribution < -0.4 is 4.74 Å². The molecule has 0 unspecified atom stereocenters. The molecular weight excluding hydrogens is 261 g/mol. The predicted octanol–water partition coefficient (Wildman–Crippen LogP) is 3.94. The fraction of sp³-hybridized carbons (Fsp3) is 0. The number of nitriles is 1. The minimum atomic E-state index is -0.553. The van der Waals surface area contributed by atoms with E-state index in [0.717, 1.165) is 6.07 Å². The van der Waals surface area contributed by atoms with Gasteiger partial charge in [0.15, 0.2) is 11.5 Å². The third-order valence-electron chi connectivity index (χ3n) is 2.77. The molecule has 20 heavy (non-hydrogen) atoms. The molecule has 0 bridgehead atoms. The summed E-state index contributed by atoms with van der Waals surface area (Å²) in [5, 5.41) is 19.1. The maximum Gasteiger partial charge on any atom is 0.204 e. The van der Waals surface area contributed by atoms with Crippen molar-refractivity contribution in [3.63, 3.8) is 0 Å². The van der Waals surface area contributed by atoms with Crippen LogP contribution in [-0.2, 0) is 0 Å². The van der Waals surface area contributed by atoms with Gasteiger partial charge in [0, 0.05) is 12.1 Å². The Balaban J connectivity index is 2.06. The van der Waals surface area contributed by atoms with Crippen molar-refractivity contribution in [2.45, 2.75) is 0 Å². The van der Waals surface area contributed by atoms with E-state index in [-0.39, 0.29) is 17.3 Å². The molecule has 0 aliphatic carbocycles. The molecule has 1 heterocycles. The summed E-state index contributed by atoms with van der Waals surface area (Å²) in [7, 11) is 0. The Hall–Kier alpha value is -3.00. The smallest absolute Gasteiger partial charge is 0.204 e. The van der Waals surface area contributed by atoms with Crippen molar-refractivity contribution in [1.29, 1.82) is 5.26 Å². The number of fused-ring (bicyclic) bond motifs is 1. The number of benzene rings is 2. The number of furan rings is 1. The quantitative estimate of drug-likeness (QED) is 0.765. The molecule has 0 saturated heterocycles. The molecular formula is C15H8FNO3. The van der Waals surface area contributed by atoms with Crippen LogP contribution >= 0.6 is 0 Å². The molecule has 5 heteroatoms. The van der Waals surface area contributed by atoms with Gasteiger partial charge in [0.2, 0.25) is 5.76 Å². The van der Waals surface area contributed by atoms with Crippen LogP contribution in [-0.4, -0.2) is 5.11 Å². The molecule has 0 saturated carbocycles. The van der Waals surface area contributed by atoms with Crippen molar-refractivity contribution in [2.75, 3.05) is 0 Å². The number of rotatable bonds is 2. The van der Waals surface area contributed by atoms with Gasteiger partial charge in [-0.1, -0.05) is 6.07 Å². The van der Waals surface area contributed by atoms with Crippen LogP contribution in [0, 0.1) is 17.1 Å². The molecule has 1 aromatic heterocycles. The molecule has 0 aliphatic heterocycles. The standard InChI is InChI=1S/C15H8FNO3/c16-9-4-5-15(12(18)6-9)20-14-3-1-2-13-11(14)7-10(8-17)19-13/h1-7,18H. The first-order valence-electron chi connectivity index (χ1n) is 5.76. The lowest BCUT2D eigenvalue weighted by atomic mass is 10.2. The molecule has 3 rings (SSSR count). The average Bonchev–Trinajstić information content (AvgIpc) is 2.86. The Kier molecular flexibility index (Phi) is 2.77. The van der Waals surface area contributed by atoms with E-state index in [1.165, 1.54) is 12.1 Å². The van der Waals surface area contributed by atoms with E-state index >= 15 is 0 Å². The highest BCUT2D eigenvalue weighted by atomic mass is 19.1. The van der Waals surface area contributed by atoms with Gasteiger partial charge >= 0.3 is 0 Å². The Morgan fingerprint density at radius 2 is 2.00 bits per heavy atom. The Bertz CT molecular complexity index is 833. The van der Waals surface area contributed by atoms with Crippen molar-refractivity contribution in [3.8, 4) is 23.3 Å². The van der Waals surface area contributed by atoms with Gasteiger partial charge in [-0.25, -0.2) is 4.39 Å². The molecule has 2 aromatic carbocycles. The van der Waals surface area contributed by atoms with Crippen LogP contribution in [0.4, 0.5) is 4.39 Å². The number of phenolic OH excluding ortho intramolecular Hbond substituents is 1. The number of phenols is 1. The summed E-state index contributed by atoms with van der Waals surface area (Å²) >= 11 is 0. The van der Waals surface area contributed by atoms with Gasteiger partial charge in [-0.2, -0.15) is 5.26 Å². The lowest BCUT2D eigenvalue weighted by Gasteiger charge is -2.08. The van der Waals surface area contributed by atoms with Gasteiger partial charge in [0.25, 0.3) is 0 Å². The van der Waals surface area contributed by atoms with E-state index in [0.29, 0.717) is 16.7 Å². The first-order valence-corrected chi connectivity index (χ1v) is 5.76. The van der Waals surface area contributed by atoms with Gasteiger partial charge in [-0.15, -0.1) is 0 Å². The first-order chi connectivity index (χ1) is 9.67. The Morgan fingerprint density at radius 1 is 1.15 bits per heavy atom. The van der Waals surface area contributed by atoms with Gasteiger partial charge in [-0.3, -0.25) is 0 Å². The van der Waals surface area contributed by atoms with E-state index in [2.05, 4.69) is 0 Å². The maximum atomic E-state index is 12.9. The van der Waals surface area contributed by atoms with Gasteiger partial charge in [0.05, 0.1) is 5.39 Å². The van der Waals surface area contributed by atoms with Crippen LogP contribution in [0.2, 0.25) is 0 Å². The predicted molar refractivity (Wildman–Crippen MR) is 69.1 cm³/mol. The van der Waals surface area contributed by atoms with Crippen LogP contribution in [0.3, 0.4) is 0 Å². The number of halogens is 1. The van der Waals surface area contributed by atoms with Crippen molar-refractivity contribution >= 4 is 11.0 Å². The van der Waals surface area contributed by atoms with Crippen LogP contribution in [0.1, 0.15) is 5.76 Å². The fourth-order valence-corrected chi connectivity index (χ4v) is 1.87. The average molecular weight is 269 g/mol. The third kappa shape index (κ3) is 2.04. The molecule has 98 valence electrons. The van der Waals surface area contributed by atoms with Gasteiger partial charge < -0.3 is 14.3 Å². The maximum absolute atomic E-state index is 12.9. The summed E-state index contributed by atoms with van der Waals surface area (Å²) in [4.78, 5) is 0. The minimum Gasteiger partial charge on any atom is -0.504 e. The molecule has 1 N–H and O–H groups in total. The lowest BCUT2D eigenvalue weighted by molar-refractivity contribution is 0.409. The van der Waals surface area contributed by atoms with Gasteiger partial charge in [0.1, 0.15) is 23.2 Å². The molecule has 0 spiro atoms. The largest absolute Gasteiger partial charge is 0.504 e. The lowest BCUT2D eigenvalue weighted by Crippen LogP contribution is -1.86.